The van der Waals surface area contributed by atoms with Crippen molar-refractivity contribution >= 4 is 92.9 Å². The SMILES string of the molecule is c1ccc(N(c2ccc3oc4ccccc4c3c2)c2cccc3ccc(-c4cccc5c4-c4ccccc4C54c5c(c6ccccc6c6ccccc56)Oc5c4c4ccccc4c4ccccc54)cc23)cc1. The lowest BCUT2D eigenvalue weighted by molar-refractivity contribution is 0.451. The van der Waals surface area contributed by atoms with Crippen molar-refractivity contribution in [3.05, 3.63) is 271 Å². The molecule has 72 heavy (non-hydrogen) atoms. The Hall–Kier alpha value is -9.44. The first-order valence-corrected chi connectivity index (χ1v) is 24.8. The highest BCUT2D eigenvalue weighted by Crippen LogP contribution is 2.68. The first kappa shape index (κ1) is 39.4. The number of furan rings is 1. The fourth-order valence-electron chi connectivity index (χ4n) is 13.0. The Morgan fingerprint density at radius 1 is 0.319 bits per heavy atom. The molecule has 3 heteroatoms. The highest BCUT2D eigenvalue weighted by atomic mass is 16.5. The molecule has 0 fully saturated rings. The molecule has 1 spiro atoms. The summed E-state index contributed by atoms with van der Waals surface area (Å²) in [5.74, 6) is 1.84. The van der Waals surface area contributed by atoms with Crippen LogP contribution in [0.25, 0.3) is 98.1 Å². The van der Waals surface area contributed by atoms with E-state index in [0.29, 0.717) is 0 Å². The third-order valence-electron chi connectivity index (χ3n) is 15.8. The van der Waals surface area contributed by atoms with Crippen molar-refractivity contribution < 1.29 is 9.15 Å². The van der Waals surface area contributed by atoms with Crippen LogP contribution in [0.4, 0.5) is 17.1 Å². The Balaban J connectivity index is 1.00. The number of rotatable bonds is 4. The van der Waals surface area contributed by atoms with Gasteiger partial charge in [-0.1, -0.05) is 200 Å². The summed E-state index contributed by atoms with van der Waals surface area (Å²) in [5.41, 5.74) is 14.0. The van der Waals surface area contributed by atoms with Crippen LogP contribution in [0.5, 0.6) is 11.5 Å². The molecular formula is C69H41NO2. The normalized spacial score (nSPS) is 13.2. The van der Waals surface area contributed by atoms with E-state index in [1.807, 2.05) is 12.1 Å². The number of anilines is 3. The maximum absolute atomic E-state index is 7.64. The third kappa shape index (κ3) is 5.24. The van der Waals surface area contributed by atoms with Crippen molar-refractivity contribution in [1.82, 2.24) is 0 Å². The molecule has 1 aliphatic heterocycles. The maximum Gasteiger partial charge on any atom is 0.140 e. The molecule has 16 rings (SSSR count). The Morgan fingerprint density at radius 2 is 0.861 bits per heavy atom. The van der Waals surface area contributed by atoms with E-state index in [-0.39, 0.29) is 0 Å². The van der Waals surface area contributed by atoms with Gasteiger partial charge in [0.15, 0.2) is 0 Å². The summed E-state index contributed by atoms with van der Waals surface area (Å²) in [5, 5.41) is 13.9. The van der Waals surface area contributed by atoms with Crippen molar-refractivity contribution in [1.29, 1.82) is 0 Å². The zero-order valence-corrected chi connectivity index (χ0v) is 38.9. The first-order chi connectivity index (χ1) is 35.7. The van der Waals surface area contributed by atoms with E-state index >= 15 is 0 Å². The fraction of sp³-hybridized carbons (Fsp3) is 0.0145. The monoisotopic (exact) mass is 915 g/mol. The molecule has 0 amide bonds. The minimum absolute atomic E-state index is 0.764. The zero-order valence-electron chi connectivity index (χ0n) is 38.9. The molecule has 0 saturated carbocycles. The predicted molar refractivity (Wildman–Crippen MR) is 299 cm³/mol. The van der Waals surface area contributed by atoms with Crippen LogP contribution in [0.3, 0.4) is 0 Å². The highest BCUT2D eigenvalue weighted by Gasteiger charge is 2.54. The number of ether oxygens (including phenoxy) is 1. The average Bonchev–Trinajstić information content (AvgIpc) is 3.97. The highest BCUT2D eigenvalue weighted by molar-refractivity contribution is 6.19. The second-order valence-electron chi connectivity index (χ2n) is 19.4. The van der Waals surface area contributed by atoms with Gasteiger partial charge in [0, 0.05) is 49.4 Å². The van der Waals surface area contributed by atoms with Crippen LogP contribution in [0, 0.1) is 0 Å². The molecule has 2 aliphatic rings. The van der Waals surface area contributed by atoms with Crippen LogP contribution in [0.1, 0.15) is 22.3 Å². The molecule has 3 nitrogen and oxygen atoms in total. The largest absolute Gasteiger partial charge is 0.456 e. The molecule has 1 aliphatic carbocycles. The molecule has 0 bridgehead atoms. The molecule has 334 valence electrons. The second-order valence-corrected chi connectivity index (χ2v) is 19.4. The van der Waals surface area contributed by atoms with Gasteiger partial charge >= 0.3 is 0 Å². The van der Waals surface area contributed by atoms with E-state index in [0.717, 1.165) is 72.2 Å². The van der Waals surface area contributed by atoms with Crippen LogP contribution >= 0.6 is 0 Å². The summed E-state index contributed by atoms with van der Waals surface area (Å²) in [6, 6.07) is 91.1. The zero-order chi connectivity index (χ0) is 47.1. The minimum Gasteiger partial charge on any atom is -0.456 e. The number of para-hydroxylation sites is 2. The van der Waals surface area contributed by atoms with E-state index in [2.05, 4.69) is 241 Å². The Kier molecular flexibility index (Phi) is 8.09. The number of fused-ring (bicyclic) bond motifs is 23. The molecule has 2 heterocycles. The Labute approximate surface area is 415 Å². The first-order valence-electron chi connectivity index (χ1n) is 24.8. The van der Waals surface area contributed by atoms with Gasteiger partial charge in [-0.15, -0.1) is 0 Å². The lowest BCUT2D eigenvalue weighted by Crippen LogP contribution is -2.33. The van der Waals surface area contributed by atoms with Crippen LogP contribution in [0.2, 0.25) is 0 Å². The van der Waals surface area contributed by atoms with E-state index < -0.39 is 5.41 Å². The van der Waals surface area contributed by atoms with Crippen molar-refractivity contribution in [2.24, 2.45) is 0 Å². The summed E-state index contributed by atoms with van der Waals surface area (Å²) in [4.78, 5) is 2.40. The summed E-state index contributed by atoms with van der Waals surface area (Å²) in [6.07, 6.45) is 0. The number of hydrogen-bond acceptors (Lipinski definition) is 3. The lowest BCUT2D eigenvalue weighted by Gasteiger charge is -2.42. The van der Waals surface area contributed by atoms with Gasteiger partial charge in [-0.2, -0.15) is 0 Å². The van der Waals surface area contributed by atoms with Crippen LogP contribution in [-0.2, 0) is 5.41 Å². The smallest absolute Gasteiger partial charge is 0.140 e. The maximum atomic E-state index is 7.64. The number of benzene rings is 13. The summed E-state index contributed by atoms with van der Waals surface area (Å²) >= 11 is 0. The van der Waals surface area contributed by atoms with Gasteiger partial charge < -0.3 is 14.1 Å². The molecule has 13 aromatic carbocycles. The van der Waals surface area contributed by atoms with Gasteiger partial charge in [-0.3, -0.25) is 0 Å². The average molecular weight is 916 g/mol. The molecule has 14 aromatic rings. The topological polar surface area (TPSA) is 25.6 Å². The molecule has 0 radical (unpaired) electrons. The molecular weight excluding hydrogens is 875 g/mol. The third-order valence-corrected chi connectivity index (χ3v) is 15.8. The Morgan fingerprint density at radius 3 is 1.57 bits per heavy atom. The summed E-state index contributed by atoms with van der Waals surface area (Å²) in [6.45, 7) is 0. The van der Waals surface area contributed by atoms with Gasteiger partial charge in [0.1, 0.15) is 22.7 Å². The van der Waals surface area contributed by atoms with E-state index in [1.54, 1.807) is 0 Å². The standard InChI is InChI=1S/C69H41NO2/c1-2-19-44(20-3-1)70(45-38-39-63-58(41-45)51-25-13-15-35-62(51)71-63)61-34-16-18-42-36-37-43(40-57(42)61)46-31-17-33-60-64(46)56-30-12-14-32-59(56)69(60)65-52-26-8-4-21-47(52)49-23-6-10-28-54(49)67(65)72-68-55-29-11-7-24-50(55)48-22-5-9-27-53(48)66(68)69/h1-41H. The van der Waals surface area contributed by atoms with Crippen molar-refractivity contribution in [2.45, 2.75) is 5.41 Å². The predicted octanol–water partition coefficient (Wildman–Crippen LogP) is 19.0. The van der Waals surface area contributed by atoms with Crippen molar-refractivity contribution in [3.8, 4) is 33.8 Å². The van der Waals surface area contributed by atoms with Gasteiger partial charge in [-0.25, -0.2) is 0 Å². The number of nitrogens with zero attached hydrogens (tertiary/aromatic N) is 1. The summed E-state index contributed by atoms with van der Waals surface area (Å²) in [7, 11) is 0. The fourth-order valence-corrected chi connectivity index (χ4v) is 13.0. The van der Waals surface area contributed by atoms with Crippen molar-refractivity contribution in [2.75, 3.05) is 4.90 Å². The number of hydrogen-bond donors (Lipinski definition) is 0. The molecule has 0 saturated heterocycles. The van der Waals surface area contributed by atoms with E-state index in [9.17, 15) is 0 Å². The molecule has 0 unspecified atom stereocenters. The lowest BCUT2D eigenvalue weighted by atomic mass is 9.63. The van der Waals surface area contributed by atoms with E-state index in [1.165, 1.54) is 76.6 Å². The van der Waals surface area contributed by atoms with Crippen LogP contribution in [0.15, 0.2) is 253 Å². The van der Waals surface area contributed by atoms with Crippen LogP contribution in [-0.4, -0.2) is 0 Å². The summed E-state index contributed by atoms with van der Waals surface area (Å²) < 4.78 is 14.0. The Bertz CT molecular complexity index is 4500. The quantitative estimate of drug-likeness (QED) is 0.165. The molecule has 0 N–H and O–H groups in total. The molecule has 0 atom stereocenters. The van der Waals surface area contributed by atoms with Gasteiger partial charge in [-0.05, 0) is 120 Å². The molecule has 1 aromatic heterocycles. The van der Waals surface area contributed by atoms with Gasteiger partial charge in [0.25, 0.3) is 0 Å². The second kappa shape index (κ2) is 14.8. The van der Waals surface area contributed by atoms with Gasteiger partial charge in [0.2, 0.25) is 0 Å². The van der Waals surface area contributed by atoms with Crippen LogP contribution < -0.4 is 9.64 Å². The van der Waals surface area contributed by atoms with Crippen molar-refractivity contribution in [3.63, 3.8) is 0 Å². The van der Waals surface area contributed by atoms with E-state index in [4.69, 9.17) is 9.15 Å². The minimum atomic E-state index is -0.764. The van der Waals surface area contributed by atoms with Gasteiger partial charge in [0.05, 0.1) is 11.1 Å².